The molecule has 1 unspecified atom stereocenters. The molecule has 0 saturated heterocycles. The van der Waals surface area contributed by atoms with Gasteiger partial charge in [-0.3, -0.25) is 4.99 Å². The number of urea groups is 1. The number of carbonyl (C=O) groups is 2. The Morgan fingerprint density at radius 1 is 1.37 bits per heavy atom. The molecule has 0 spiro atoms. The minimum atomic E-state index is -1.39. The first-order valence-corrected chi connectivity index (χ1v) is 8.62. The van der Waals surface area contributed by atoms with Crippen LogP contribution >= 0.6 is 0 Å². The Hall–Kier alpha value is -2.73. The van der Waals surface area contributed by atoms with Crippen molar-refractivity contribution in [2.75, 3.05) is 13.2 Å². The molecule has 1 heterocycles. The fourth-order valence-corrected chi connectivity index (χ4v) is 1.98. The lowest BCUT2D eigenvalue weighted by Gasteiger charge is -2.11. The van der Waals surface area contributed by atoms with Crippen LogP contribution in [0, 0.1) is 0 Å². The van der Waals surface area contributed by atoms with Gasteiger partial charge in [0.15, 0.2) is 11.9 Å². The molecular formula is C15H27N7O5. The maximum Gasteiger partial charge on any atom is 0.328 e. The molecule has 1 rings (SSSR count). The van der Waals surface area contributed by atoms with E-state index >= 15 is 0 Å². The number of carboxylic acid groups (broad SMARTS) is 1. The fraction of sp³-hybridized carbons (Fsp3) is 0.667. The molecule has 1 aromatic rings. The first kappa shape index (κ1) is 22.3. The van der Waals surface area contributed by atoms with Gasteiger partial charge in [0, 0.05) is 13.0 Å². The molecule has 0 bridgehead atoms. The predicted molar refractivity (Wildman–Crippen MR) is 95.7 cm³/mol. The number of amidine groups is 1. The van der Waals surface area contributed by atoms with E-state index in [4.69, 9.17) is 26.2 Å². The van der Waals surface area contributed by atoms with Crippen LogP contribution in [-0.2, 0) is 11.3 Å². The summed E-state index contributed by atoms with van der Waals surface area (Å²) >= 11 is 0. The molecule has 0 fully saturated rings. The van der Waals surface area contributed by atoms with Crippen LogP contribution in [0.3, 0.4) is 0 Å². The van der Waals surface area contributed by atoms with Gasteiger partial charge in [-0.2, -0.15) is 4.98 Å². The molecule has 2 atom stereocenters. The minimum absolute atomic E-state index is 0.103. The third kappa shape index (κ3) is 8.46. The van der Waals surface area contributed by atoms with Crippen molar-refractivity contribution in [3.05, 3.63) is 11.7 Å². The zero-order chi connectivity index (χ0) is 20.2. The SMILES string of the molecule is CCC(N)=NCCCC[C@H](N)c1noc(CNC(=O)NC(CO)C(=O)O)n1. The lowest BCUT2D eigenvalue weighted by molar-refractivity contribution is -0.140. The zero-order valence-electron chi connectivity index (χ0n) is 15.2. The molecule has 27 heavy (non-hydrogen) atoms. The molecule has 0 saturated carbocycles. The molecule has 152 valence electrons. The van der Waals surface area contributed by atoms with Gasteiger partial charge in [-0.25, -0.2) is 9.59 Å². The summed E-state index contributed by atoms with van der Waals surface area (Å²) in [5, 5.41) is 25.8. The highest BCUT2D eigenvalue weighted by Crippen LogP contribution is 2.13. The number of hydrogen-bond acceptors (Lipinski definition) is 8. The molecule has 12 nitrogen and oxygen atoms in total. The predicted octanol–water partition coefficient (Wildman–Crippen LogP) is -0.748. The second-order valence-corrected chi connectivity index (χ2v) is 5.78. The van der Waals surface area contributed by atoms with Crippen LogP contribution < -0.4 is 22.1 Å². The number of aliphatic hydroxyl groups excluding tert-OH is 1. The van der Waals surface area contributed by atoms with Crippen LogP contribution in [0.4, 0.5) is 4.79 Å². The van der Waals surface area contributed by atoms with Gasteiger partial charge in [-0.05, 0) is 19.3 Å². The molecule has 0 radical (unpaired) electrons. The number of aromatic nitrogens is 2. The van der Waals surface area contributed by atoms with Gasteiger partial charge < -0.3 is 36.8 Å². The van der Waals surface area contributed by atoms with Gasteiger partial charge in [0.25, 0.3) is 0 Å². The number of nitrogens with zero attached hydrogens (tertiary/aromatic N) is 3. The highest BCUT2D eigenvalue weighted by molar-refractivity contribution is 5.82. The first-order valence-electron chi connectivity index (χ1n) is 8.62. The third-order valence-electron chi connectivity index (χ3n) is 3.60. The van der Waals surface area contributed by atoms with Gasteiger partial charge in [0.1, 0.15) is 0 Å². The van der Waals surface area contributed by atoms with E-state index < -0.39 is 30.7 Å². The zero-order valence-corrected chi connectivity index (χ0v) is 15.2. The van der Waals surface area contributed by atoms with Gasteiger partial charge >= 0.3 is 12.0 Å². The van der Waals surface area contributed by atoms with Crippen LogP contribution in [0.2, 0.25) is 0 Å². The summed E-state index contributed by atoms with van der Waals surface area (Å²) < 4.78 is 5.00. The summed E-state index contributed by atoms with van der Waals surface area (Å²) in [6, 6.07) is -2.59. The standard InChI is InChI=1S/C15H27N7O5/c1-2-11(17)18-6-4-3-5-9(16)13-21-12(27-22-13)7-19-15(26)20-10(8-23)14(24)25/h9-10,23H,2-8,16H2,1H3,(H2,17,18)(H,24,25)(H2,19,20,26)/t9-,10?/m0/s1. The smallest absolute Gasteiger partial charge is 0.328 e. The number of nitrogens with two attached hydrogens (primary N) is 2. The number of carboxylic acids is 1. The summed E-state index contributed by atoms with van der Waals surface area (Å²) in [5.74, 6) is -0.261. The van der Waals surface area contributed by atoms with Gasteiger partial charge in [-0.1, -0.05) is 12.1 Å². The quantitative estimate of drug-likeness (QED) is 0.152. The Morgan fingerprint density at radius 2 is 2.11 bits per heavy atom. The fourth-order valence-electron chi connectivity index (χ4n) is 1.98. The summed E-state index contributed by atoms with van der Waals surface area (Å²) in [5.41, 5.74) is 11.6. The molecule has 0 aliphatic rings. The van der Waals surface area contributed by atoms with Crippen LogP contribution in [0.25, 0.3) is 0 Å². The summed E-state index contributed by atoms with van der Waals surface area (Å²) in [4.78, 5) is 30.6. The van der Waals surface area contributed by atoms with Crippen molar-refractivity contribution in [3.8, 4) is 0 Å². The van der Waals surface area contributed by atoms with Gasteiger partial charge in [-0.15, -0.1) is 0 Å². The van der Waals surface area contributed by atoms with Crippen molar-refractivity contribution in [3.63, 3.8) is 0 Å². The Morgan fingerprint density at radius 3 is 2.74 bits per heavy atom. The number of aliphatic imine (C=N–C) groups is 1. The van der Waals surface area contributed by atoms with Crippen LogP contribution in [0.5, 0.6) is 0 Å². The first-order chi connectivity index (χ1) is 12.9. The monoisotopic (exact) mass is 385 g/mol. The van der Waals surface area contributed by atoms with Gasteiger partial charge in [0.2, 0.25) is 5.89 Å². The van der Waals surface area contributed by atoms with Crippen molar-refractivity contribution in [2.24, 2.45) is 16.5 Å². The van der Waals surface area contributed by atoms with E-state index in [1.807, 2.05) is 6.92 Å². The lowest BCUT2D eigenvalue weighted by atomic mass is 10.1. The minimum Gasteiger partial charge on any atom is -0.480 e. The Balaban J connectivity index is 2.35. The molecule has 0 aromatic carbocycles. The Kier molecular flexibility index (Phi) is 9.75. The van der Waals surface area contributed by atoms with Crippen LogP contribution in [0.15, 0.2) is 9.52 Å². The van der Waals surface area contributed by atoms with Crippen molar-refractivity contribution in [1.82, 2.24) is 20.8 Å². The third-order valence-corrected chi connectivity index (χ3v) is 3.60. The number of nitrogens with one attached hydrogen (secondary N) is 2. The molecule has 0 aliphatic heterocycles. The topological polar surface area (TPSA) is 202 Å². The van der Waals surface area contributed by atoms with Crippen molar-refractivity contribution >= 4 is 17.8 Å². The summed E-state index contributed by atoms with van der Waals surface area (Å²) in [6.45, 7) is 1.76. The second kappa shape index (κ2) is 11.8. The maximum absolute atomic E-state index is 11.6. The molecule has 1 aromatic heterocycles. The average Bonchev–Trinajstić information content (AvgIpc) is 3.12. The van der Waals surface area contributed by atoms with Crippen molar-refractivity contribution in [1.29, 1.82) is 0 Å². The molecule has 0 aliphatic carbocycles. The second-order valence-electron chi connectivity index (χ2n) is 5.78. The average molecular weight is 385 g/mol. The lowest BCUT2D eigenvalue weighted by Crippen LogP contribution is -2.47. The number of rotatable bonds is 12. The maximum atomic E-state index is 11.6. The number of carbonyl (C=O) groups excluding carboxylic acids is 1. The number of amides is 2. The van der Waals surface area contributed by atoms with E-state index in [1.54, 1.807) is 0 Å². The number of aliphatic carboxylic acids is 1. The van der Waals surface area contributed by atoms with E-state index in [0.717, 1.165) is 19.3 Å². The van der Waals surface area contributed by atoms with E-state index in [1.165, 1.54) is 0 Å². The molecule has 8 N–H and O–H groups in total. The van der Waals surface area contributed by atoms with Crippen molar-refractivity contribution < 1.29 is 24.3 Å². The summed E-state index contributed by atoms with van der Waals surface area (Å²) in [6.07, 6.45) is 3.04. The highest BCUT2D eigenvalue weighted by atomic mass is 16.5. The van der Waals surface area contributed by atoms with Crippen LogP contribution in [-0.4, -0.2) is 57.4 Å². The van der Waals surface area contributed by atoms with Crippen LogP contribution in [0.1, 0.15) is 50.4 Å². The van der Waals surface area contributed by atoms with E-state index in [-0.39, 0.29) is 12.4 Å². The normalized spacial score (nSPS) is 13.8. The largest absolute Gasteiger partial charge is 0.480 e. The molecular weight excluding hydrogens is 358 g/mol. The van der Waals surface area contributed by atoms with E-state index in [0.29, 0.717) is 24.6 Å². The highest BCUT2D eigenvalue weighted by Gasteiger charge is 2.19. The number of aliphatic hydroxyl groups is 1. The number of unbranched alkanes of at least 4 members (excludes halogenated alkanes) is 1. The molecule has 2 amide bonds. The van der Waals surface area contributed by atoms with E-state index in [9.17, 15) is 9.59 Å². The Bertz CT molecular complexity index is 634. The Labute approximate surface area is 156 Å². The number of hydrogen-bond donors (Lipinski definition) is 6. The van der Waals surface area contributed by atoms with E-state index in [2.05, 4.69) is 25.8 Å². The summed E-state index contributed by atoms with van der Waals surface area (Å²) in [7, 11) is 0. The van der Waals surface area contributed by atoms with Crippen molar-refractivity contribution in [2.45, 2.75) is 51.2 Å². The molecule has 12 heteroatoms. The van der Waals surface area contributed by atoms with Gasteiger partial charge in [0.05, 0.1) is 25.0 Å².